The number of rotatable bonds is 11. The molecule has 0 spiro atoms. The number of ether oxygens (including phenoxy) is 1. The van der Waals surface area contributed by atoms with Crippen molar-refractivity contribution < 1.29 is 39.1 Å². The van der Waals surface area contributed by atoms with Crippen LogP contribution in [0, 0.1) is 5.92 Å². The smallest absolute Gasteiger partial charge is 0.230 e. The lowest BCUT2D eigenvalue weighted by atomic mass is 10.1. The van der Waals surface area contributed by atoms with Gasteiger partial charge in [0, 0.05) is 29.6 Å². The second kappa shape index (κ2) is 10.9. The average Bonchev–Trinajstić information content (AvgIpc) is 2.69. The van der Waals surface area contributed by atoms with E-state index >= 15 is 0 Å². The first-order chi connectivity index (χ1) is 15.4. The van der Waals surface area contributed by atoms with Gasteiger partial charge in [-0.2, -0.15) is 0 Å². The van der Waals surface area contributed by atoms with Gasteiger partial charge in [-0.3, -0.25) is 0 Å². The van der Waals surface area contributed by atoms with Gasteiger partial charge in [0.2, 0.25) is 26.9 Å². The third-order valence-electron chi connectivity index (χ3n) is 5.35. The first-order valence-corrected chi connectivity index (χ1v) is 14.4. The van der Waals surface area contributed by atoms with E-state index in [-0.39, 0.29) is 0 Å². The number of aromatic amines is 1. The largest absolute Gasteiger partial charge is 0.632 e. The summed E-state index contributed by atoms with van der Waals surface area (Å²) in [6.45, 7) is 0.562. The zero-order chi connectivity index (χ0) is 24.2. The number of halogens is 1. The summed E-state index contributed by atoms with van der Waals surface area (Å²) in [4.78, 5) is 62.9. The highest BCUT2D eigenvalue weighted by Crippen LogP contribution is 2.48. The van der Waals surface area contributed by atoms with Crippen molar-refractivity contribution in [1.82, 2.24) is 0 Å². The van der Waals surface area contributed by atoms with E-state index in [0.29, 0.717) is 36.6 Å². The summed E-state index contributed by atoms with van der Waals surface area (Å²) in [5.74, 6) is -0.0315. The third kappa shape index (κ3) is 7.82. The van der Waals surface area contributed by atoms with Gasteiger partial charge in [-0.05, 0) is 37.1 Å². The number of pyridine rings is 1. The number of unbranched alkanes of at least 4 members (excludes halogenated alkanes) is 1. The zero-order valence-electron chi connectivity index (χ0n) is 18.1. The number of anilines is 1. The molecule has 3 rings (SSSR count). The number of aromatic nitrogens is 1. The monoisotopic (exact) mass is 517 g/mol. The fraction of sp³-hybridized carbons (Fsp3) is 0.381. The van der Waals surface area contributed by atoms with Gasteiger partial charge in [0.1, 0.15) is 18.1 Å². The Morgan fingerprint density at radius 2 is 1.67 bits per heavy atom. The van der Waals surface area contributed by atoms with Gasteiger partial charge in [-0.25, -0.2) is 24.6 Å². The van der Waals surface area contributed by atoms with E-state index in [1.165, 1.54) is 0 Å². The predicted octanol–water partition coefficient (Wildman–Crippen LogP) is 1.88. The fourth-order valence-corrected chi connectivity index (χ4v) is 6.31. The molecule has 0 saturated carbocycles. The predicted molar refractivity (Wildman–Crippen MR) is 128 cm³/mol. The van der Waals surface area contributed by atoms with Crippen LogP contribution < -0.4 is 24.8 Å². The maximum Gasteiger partial charge on any atom is 0.230 e. The van der Waals surface area contributed by atoms with E-state index in [9.17, 15) is 29.4 Å². The molecule has 0 bridgehead atoms. The number of fused-ring (bicyclic) bond motifs is 2. The van der Waals surface area contributed by atoms with Crippen LogP contribution in [0.4, 0.5) is 5.69 Å². The second-order valence-corrected chi connectivity index (χ2v) is 11.9. The highest BCUT2D eigenvalue weighted by atomic mass is 35.5. The summed E-state index contributed by atoms with van der Waals surface area (Å²) in [6, 6.07) is 11.3. The molecular formula is C21H28ClN2O7P2+. The van der Waals surface area contributed by atoms with Crippen LogP contribution >= 0.6 is 27.5 Å². The molecule has 0 saturated heterocycles. The van der Waals surface area contributed by atoms with E-state index in [1.807, 2.05) is 36.4 Å². The topological polar surface area (TPSA) is 162 Å². The van der Waals surface area contributed by atoms with Crippen molar-refractivity contribution in [3.63, 3.8) is 0 Å². The first-order valence-electron chi connectivity index (χ1n) is 10.4. The molecule has 0 unspecified atom stereocenters. The average molecular weight is 518 g/mol. The quantitative estimate of drug-likeness (QED) is 0.146. The molecule has 33 heavy (non-hydrogen) atoms. The summed E-state index contributed by atoms with van der Waals surface area (Å²) in [7, 11) is -7.12. The molecule has 2 aromatic carbocycles. The summed E-state index contributed by atoms with van der Waals surface area (Å²) < 4.78 is 5.37. The SMILES string of the molecule is COc1ccc2[nH+]c3cc(Cl)ccc3c(NCCCCC(C[P+]([O-])(O)O)C[P+]([O-])(O)O)c2c1. The summed E-state index contributed by atoms with van der Waals surface area (Å²) in [6.07, 6.45) is 0.455. The Bertz CT molecular complexity index is 1090. The molecule has 180 valence electrons. The van der Waals surface area contributed by atoms with E-state index in [4.69, 9.17) is 16.3 Å². The van der Waals surface area contributed by atoms with E-state index in [0.717, 1.165) is 27.5 Å². The van der Waals surface area contributed by atoms with Crippen molar-refractivity contribution in [2.24, 2.45) is 5.92 Å². The lowest BCUT2D eigenvalue weighted by Crippen LogP contribution is -2.25. The van der Waals surface area contributed by atoms with Gasteiger partial charge in [-0.1, -0.05) is 18.0 Å². The molecule has 3 aromatic rings. The van der Waals surface area contributed by atoms with Gasteiger partial charge in [0.05, 0.1) is 23.6 Å². The van der Waals surface area contributed by atoms with Crippen LogP contribution in [0.3, 0.4) is 0 Å². The Kier molecular flexibility index (Phi) is 8.67. The number of methoxy groups -OCH3 is 1. The van der Waals surface area contributed by atoms with Gasteiger partial charge < -0.3 is 19.8 Å². The van der Waals surface area contributed by atoms with Crippen LogP contribution in [0.2, 0.25) is 5.02 Å². The van der Waals surface area contributed by atoms with Crippen molar-refractivity contribution in [2.75, 3.05) is 31.3 Å². The van der Waals surface area contributed by atoms with Crippen molar-refractivity contribution in [2.45, 2.75) is 19.3 Å². The molecule has 0 aliphatic heterocycles. The van der Waals surface area contributed by atoms with Crippen LogP contribution in [-0.4, -0.2) is 45.6 Å². The van der Waals surface area contributed by atoms with Gasteiger partial charge >= 0.3 is 0 Å². The Morgan fingerprint density at radius 1 is 0.970 bits per heavy atom. The normalized spacial score (nSPS) is 12.6. The maximum atomic E-state index is 11.3. The molecule has 0 radical (unpaired) electrons. The summed E-state index contributed by atoms with van der Waals surface area (Å²) in [5.41, 5.74) is 2.67. The Balaban J connectivity index is 1.73. The molecule has 0 amide bonds. The molecule has 0 atom stereocenters. The van der Waals surface area contributed by atoms with E-state index < -0.39 is 34.1 Å². The molecule has 0 aliphatic carbocycles. The number of benzene rings is 2. The summed E-state index contributed by atoms with van der Waals surface area (Å²) >= 11 is 6.17. The summed E-state index contributed by atoms with van der Waals surface area (Å²) in [5, 5.41) is 5.94. The Hall–Kier alpha value is -1.38. The number of H-pyrrole nitrogens is 1. The van der Waals surface area contributed by atoms with Crippen molar-refractivity contribution in [3.8, 4) is 5.75 Å². The highest BCUT2D eigenvalue weighted by Gasteiger charge is 2.33. The zero-order valence-corrected chi connectivity index (χ0v) is 20.6. The lowest BCUT2D eigenvalue weighted by molar-refractivity contribution is -0.310. The van der Waals surface area contributed by atoms with Crippen molar-refractivity contribution >= 4 is 55.0 Å². The molecule has 9 nitrogen and oxygen atoms in total. The van der Waals surface area contributed by atoms with Crippen LogP contribution in [0.5, 0.6) is 5.75 Å². The minimum Gasteiger partial charge on any atom is -0.632 e. The molecule has 1 aromatic heterocycles. The minimum atomic E-state index is -4.36. The molecule has 1 heterocycles. The molecule has 0 fully saturated rings. The van der Waals surface area contributed by atoms with Crippen LogP contribution in [-0.2, 0) is 0 Å². The van der Waals surface area contributed by atoms with Gasteiger partial charge in [-0.15, -0.1) is 0 Å². The van der Waals surface area contributed by atoms with Crippen molar-refractivity contribution in [1.29, 1.82) is 0 Å². The van der Waals surface area contributed by atoms with E-state index in [1.54, 1.807) is 7.11 Å². The Labute approximate surface area is 197 Å². The minimum absolute atomic E-state index is 0.311. The fourth-order valence-electron chi connectivity index (χ4n) is 3.97. The first kappa shape index (κ1) is 26.2. The van der Waals surface area contributed by atoms with Gasteiger partial charge in [0.25, 0.3) is 0 Å². The lowest BCUT2D eigenvalue weighted by Gasteiger charge is -2.25. The molecular weight excluding hydrogens is 490 g/mol. The standard InChI is InChI=1S/C21H27ClN2O7P2/c1-31-16-6-8-19-18(11-16)21(17-7-5-15(22)10-20(17)24-19)23-9-3-2-4-14(12-32(25,26)27)13-33(28,29)30/h5-8,10-11,14H,2-4,9,12-13H2,1H3,(H,23,24)(H2,25,26,27)(H2,28,29,30)/p+1. The van der Waals surface area contributed by atoms with Crippen molar-refractivity contribution in [3.05, 3.63) is 41.4 Å². The van der Waals surface area contributed by atoms with Crippen LogP contribution in [0.1, 0.15) is 19.3 Å². The third-order valence-corrected chi connectivity index (χ3v) is 7.57. The molecule has 12 heteroatoms. The van der Waals surface area contributed by atoms with E-state index in [2.05, 4.69) is 10.3 Å². The molecule has 6 N–H and O–H groups in total. The number of nitrogens with one attached hydrogen (secondary N) is 2. The van der Waals surface area contributed by atoms with Gasteiger partial charge in [0.15, 0.2) is 0 Å². The maximum absolute atomic E-state index is 11.3. The number of hydrogen-bond acceptors (Lipinski definition) is 8. The van der Waals surface area contributed by atoms with Crippen LogP contribution in [0.15, 0.2) is 36.4 Å². The van der Waals surface area contributed by atoms with Crippen LogP contribution in [0.25, 0.3) is 21.8 Å². The second-order valence-electron chi connectivity index (χ2n) is 8.08. The molecule has 0 aliphatic rings. The highest BCUT2D eigenvalue weighted by molar-refractivity contribution is 7.58. The Morgan fingerprint density at radius 3 is 2.30 bits per heavy atom. The number of hydrogen-bond donors (Lipinski definition) is 5.